The summed E-state index contributed by atoms with van der Waals surface area (Å²) in [4.78, 5) is 15.8. The van der Waals surface area contributed by atoms with Gasteiger partial charge in [-0.2, -0.15) is 0 Å². The Balaban J connectivity index is 2.48. The van der Waals surface area contributed by atoms with Gasteiger partial charge in [0, 0.05) is 19.3 Å². The molecular formula is C13H19ClN2O2. The number of carbonyl (C=O) groups excluding carboxylic acids is 1. The third-order valence-corrected chi connectivity index (χ3v) is 2.92. The molecule has 2 N–H and O–H groups in total. The van der Waals surface area contributed by atoms with E-state index in [0.29, 0.717) is 17.3 Å². The number of aliphatic hydroxyl groups excluding tert-OH is 1. The molecule has 1 heterocycles. The van der Waals surface area contributed by atoms with Crippen molar-refractivity contribution in [2.45, 2.75) is 26.7 Å². The maximum Gasteiger partial charge on any atom is 0.269 e. The van der Waals surface area contributed by atoms with Crippen LogP contribution in [0.5, 0.6) is 0 Å². The lowest BCUT2D eigenvalue weighted by Crippen LogP contribution is -2.34. The van der Waals surface area contributed by atoms with Gasteiger partial charge in [0.05, 0.1) is 5.02 Å². The van der Waals surface area contributed by atoms with Gasteiger partial charge in [0.2, 0.25) is 0 Å². The smallest absolute Gasteiger partial charge is 0.269 e. The predicted octanol–water partition coefficient (Wildman–Crippen LogP) is 2.26. The number of nitrogens with zero attached hydrogens (tertiary/aromatic N) is 1. The summed E-state index contributed by atoms with van der Waals surface area (Å²) in [7, 11) is 0. The van der Waals surface area contributed by atoms with Crippen LogP contribution in [0.2, 0.25) is 5.02 Å². The molecule has 0 aliphatic heterocycles. The number of nitrogens with one attached hydrogen (secondary N) is 1. The largest absolute Gasteiger partial charge is 0.396 e. The quantitative estimate of drug-likeness (QED) is 0.834. The molecule has 0 spiro atoms. The minimum absolute atomic E-state index is 0.0369. The Bertz CT molecular complexity index is 390. The fraction of sp³-hybridized carbons (Fsp3) is 0.538. The molecule has 1 aromatic heterocycles. The van der Waals surface area contributed by atoms with Gasteiger partial charge in [-0.25, -0.2) is 4.98 Å². The van der Waals surface area contributed by atoms with Crippen LogP contribution in [-0.2, 0) is 0 Å². The van der Waals surface area contributed by atoms with Crippen LogP contribution in [0.3, 0.4) is 0 Å². The van der Waals surface area contributed by atoms with Crippen molar-refractivity contribution in [2.75, 3.05) is 13.2 Å². The van der Waals surface area contributed by atoms with Gasteiger partial charge in [-0.3, -0.25) is 4.79 Å². The minimum Gasteiger partial charge on any atom is -0.396 e. The van der Waals surface area contributed by atoms with E-state index in [0.717, 1.165) is 12.8 Å². The summed E-state index contributed by atoms with van der Waals surface area (Å²) in [5, 5.41) is 12.2. The Hall–Kier alpha value is -1.13. The first-order chi connectivity index (χ1) is 8.44. The number of halogens is 1. The number of pyridine rings is 1. The van der Waals surface area contributed by atoms with Crippen molar-refractivity contribution in [3.05, 3.63) is 29.0 Å². The number of aromatic nitrogens is 1. The number of rotatable bonds is 6. The first-order valence-electron chi connectivity index (χ1n) is 5.95. The van der Waals surface area contributed by atoms with Crippen LogP contribution in [0.1, 0.15) is 37.2 Å². The number of hydrogen-bond donors (Lipinski definition) is 2. The minimum atomic E-state index is -0.205. The average molecular weight is 271 g/mol. The van der Waals surface area contributed by atoms with E-state index in [1.807, 2.05) is 0 Å². The first-order valence-corrected chi connectivity index (χ1v) is 6.33. The van der Waals surface area contributed by atoms with Gasteiger partial charge >= 0.3 is 0 Å². The van der Waals surface area contributed by atoms with Gasteiger partial charge in [-0.1, -0.05) is 25.4 Å². The van der Waals surface area contributed by atoms with Crippen molar-refractivity contribution in [3.63, 3.8) is 0 Å². The van der Waals surface area contributed by atoms with Crippen LogP contribution in [0.25, 0.3) is 0 Å². The average Bonchev–Trinajstić information content (AvgIpc) is 2.35. The summed E-state index contributed by atoms with van der Waals surface area (Å²) in [6, 6.07) is 3.23. The molecule has 100 valence electrons. The van der Waals surface area contributed by atoms with Gasteiger partial charge in [-0.15, -0.1) is 0 Å². The van der Waals surface area contributed by atoms with E-state index >= 15 is 0 Å². The second-order valence-electron chi connectivity index (χ2n) is 5.04. The van der Waals surface area contributed by atoms with Crippen molar-refractivity contribution in [2.24, 2.45) is 5.41 Å². The number of amides is 1. The first kappa shape index (κ1) is 14.9. The summed E-state index contributed by atoms with van der Waals surface area (Å²) >= 11 is 5.71. The van der Waals surface area contributed by atoms with E-state index in [9.17, 15) is 4.79 Å². The second kappa shape index (κ2) is 6.71. The van der Waals surface area contributed by atoms with Gasteiger partial charge < -0.3 is 10.4 Å². The zero-order valence-corrected chi connectivity index (χ0v) is 11.5. The Labute approximate surface area is 112 Å². The molecule has 0 saturated heterocycles. The molecule has 18 heavy (non-hydrogen) atoms. The highest BCUT2D eigenvalue weighted by Crippen LogP contribution is 2.20. The van der Waals surface area contributed by atoms with E-state index in [-0.39, 0.29) is 17.9 Å². The molecule has 0 aromatic carbocycles. The zero-order chi connectivity index (χ0) is 13.6. The molecule has 0 fully saturated rings. The molecule has 5 heteroatoms. The van der Waals surface area contributed by atoms with E-state index in [1.165, 1.54) is 6.20 Å². The molecule has 0 atom stereocenters. The molecule has 0 radical (unpaired) electrons. The predicted molar refractivity (Wildman–Crippen MR) is 71.7 cm³/mol. The molecule has 1 amide bonds. The van der Waals surface area contributed by atoms with E-state index in [4.69, 9.17) is 16.7 Å². The number of hydrogen-bond acceptors (Lipinski definition) is 3. The summed E-state index contributed by atoms with van der Waals surface area (Å²) in [5.41, 5.74) is 0.322. The van der Waals surface area contributed by atoms with Crippen LogP contribution in [0.4, 0.5) is 0 Å². The second-order valence-corrected chi connectivity index (χ2v) is 5.47. The SMILES string of the molecule is CC(C)(CCCO)CNC(=O)c1ccc(Cl)cn1. The molecule has 0 saturated carbocycles. The summed E-state index contributed by atoms with van der Waals surface area (Å²) in [6.07, 6.45) is 3.05. The van der Waals surface area contributed by atoms with Crippen LogP contribution < -0.4 is 5.32 Å². The normalized spacial score (nSPS) is 11.3. The summed E-state index contributed by atoms with van der Waals surface area (Å²) in [6.45, 7) is 4.84. The van der Waals surface area contributed by atoms with Crippen molar-refractivity contribution in [1.29, 1.82) is 0 Å². The Morgan fingerprint density at radius 2 is 2.22 bits per heavy atom. The van der Waals surface area contributed by atoms with Gasteiger partial charge in [0.15, 0.2) is 0 Å². The van der Waals surface area contributed by atoms with Crippen molar-refractivity contribution >= 4 is 17.5 Å². The van der Waals surface area contributed by atoms with E-state index in [2.05, 4.69) is 24.1 Å². The maximum atomic E-state index is 11.8. The third-order valence-electron chi connectivity index (χ3n) is 2.70. The van der Waals surface area contributed by atoms with E-state index in [1.54, 1.807) is 12.1 Å². The molecule has 0 aliphatic rings. The summed E-state index contributed by atoms with van der Waals surface area (Å²) < 4.78 is 0. The fourth-order valence-electron chi connectivity index (χ4n) is 1.57. The highest BCUT2D eigenvalue weighted by Gasteiger charge is 2.19. The molecule has 0 aliphatic carbocycles. The van der Waals surface area contributed by atoms with Crippen LogP contribution in [0.15, 0.2) is 18.3 Å². The van der Waals surface area contributed by atoms with Crippen molar-refractivity contribution in [1.82, 2.24) is 10.3 Å². The van der Waals surface area contributed by atoms with Gasteiger partial charge in [-0.05, 0) is 30.4 Å². The maximum absolute atomic E-state index is 11.8. The van der Waals surface area contributed by atoms with Crippen LogP contribution >= 0.6 is 11.6 Å². The molecule has 4 nitrogen and oxygen atoms in total. The highest BCUT2D eigenvalue weighted by molar-refractivity contribution is 6.30. The lowest BCUT2D eigenvalue weighted by molar-refractivity contribution is 0.0928. The summed E-state index contributed by atoms with van der Waals surface area (Å²) in [5.74, 6) is -0.205. The molecule has 1 aromatic rings. The Morgan fingerprint density at radius 1 is 1.50 bits per heavy atom. The van der Waals surface area contributed by atoms with Crippen LogP contribution in [-0.4, -0.2) is 29.1 Å². The molecule has 1 rings (SSSR count). The third kappa shape index (κ3) is 5.02. The highest BCUT2D eigenvalue weighted by atomic mass is 35.5. The standard InChI is InChI=1S/C13H19ClN2O2/c1-13(2,6-3-7-17)9-16-12(18)11-5-4-10(14)8-15-11/h4-5,8,17H,3,6-7,9H2,1-2H3,(H,16,18). The molecular weight excluding hydrogens is 252 g/mol. The van der Waals surface area contributed by atoms with E-state index < -0.39 is 0 Å². The lowest BCUT2D eigenvalue weighted by Gasteiger charge is -2.24. The fourth-order valence-corrected chi connectivity index (χ4v) is 1.68. The van der Waals surface area contributed by atoms with Crippen molar-refractivity contribution in [3.8, 4) is 0 Å². The monoisotopic (exact) mass is 270 g/mol. The Kier molecular flexibility index (Phi) is 5.56. The van der Waals surface area contributed by atoms with Crippen molar-refractivity contribution < 1.29 is 9.90 Å². The Morgan fingerprint density at radius 3 is 2.78 bits per heavy atom. The number of aliphatic hydroxyl groups is 1. The topological polar surface area (TPSA) is 62.2 Å². The number of carbonyl (C=O) groups is 1. The van der Waals surface area contributed by atoms with Crippen LogP contribution in [0, 0.1) is 5.41 Å². The van der Waals surface area contributed by atoms with Gasteiger partial charge in [0.25, 0.3) is 5.91 Å². The molecule has 0 bridgehead atoms. The zero-order valence-electron chi connectivity index (χ0n) is 10.7. The van der Waals surface area contributed by atoms with Gasteiger partial charge in [0.1, 0.15) is 5.69 Å². The lowest BCUT2D eigenvalue weighted by atomic mass is 9.88. The molecule has 0 unspecified atom stereocenters.